The molecule has 0 radical (unpaired) electrons. The highest BCUT2D eigenvalue weighted by atomic mass is 35.5. The first-order valence-corrected chi connectivity index (χ1v) is 9.18. The molecule has 1 amide bonds. The molecule has 2 aliphatic rings. The number of rotatable bonds is 6. The second-order valence-corrected chi connectivity index (χ2v) is 6.93. The lowest BCUT2D eigenvalue weighted by Gasteiger charge is -2.26. The Morgan fingerprint density at radius 3 is 2.35 bits per heavy atom. The Kier molecular flexibility index (Phi) is 10.5. The van der Waals surface area contributed by atoms with Crippen LogP contribution in [-0.2, 0) is 22.6 Å². The van der Waals surface area contributed by atoms with Gasteiger partial charge < -0.3 is 15.8 Å². The zero-order valence-corrected chi connectivity index (χ0v) is 16.8. The molecule has 3 rings (SSSR count). The van der Waals surface area contributed by atoms with Crippen molar-refractivity contribution in [1.29, 1.82) is 0 Å². The summed E-state index contributed by atoms with van der Waals surface area (Å²) < 4.78 is 5.62. The van der Waals surface area contributed by atoms with E-state index in [9.17, 15) is 4.79 Å². The average molecular weight is 404 g/mol. The molecule has 2 saturated heterocycles. The SMILES string of the molecule is Cl.Cl.NC[C@H]1CC[C@@H](C(=O)NCc2ccc(CN3CCCCC3)cc2)O1. The normalized spacial score (nSPS) is 23.0. The minimum absolute atomic E-state index is 0. The highest BCUT2D eigenvalue weighted by molar-refractivity contribution is 5.85. The maximum Gasteiger partial charge on any atom is 0.249 e. The van der Waals surface area contributed by atoms with Crippen LogP contribution in [0, 0.1) is 0 Å². The molecule has 1 aromatic carbocycles. The third-order valence-electron chi connectivity index (χ3n) is 5.01. The lowest BCUT2D eigenvalue weighted by Crippen LogP contribution is -2.35. The Bertz CT molecular complexity index is 536. The maximum atomic E-state index is 12.1. The van der Waals surface area contributed by atoms with Crippen LogP contribution in [0.5, 0.6) is 0 Å². The topological polar surface area (TPSA) is 67.6 Å². The molecule has 0 saturated carbocycles. The van der Waals surface area contributed by atoms with Gasteiger partial charge in [-0.3, -0.25) is 9.69 Å². The summed E-state index contributed by atoms with van der Waals surface area (Å²) in [5.74, 6) is -0.0247. The summed E-state index contributed by atoms with van der Waals surface area (Å²) >= 11 is 0. The number of carbonyl (C=O) groups is 1. The monoisotopic (exact) mass is 403 g/mol. The largest absolute Gasteiger partial charge is 0.364 e. The predicted molar refractivity (Wildman–Crippen MR) is 109 cm³/mol. The molecule has 148 valence electrons. The van der Waals surface area contributed by atoms with Crippen LogP contribution in [0.25, 0.3) is 0 Å². The van der Waals surface area contributed by atoms with E-state index < -0.39 is 0 Å². The Hall–Kier alpha value is -0.850. The summed E-state index contributed by atoms with van der Waals surface area (Å²) in [5, 5.41) is 2.97. The molecular weight excluding hydrogens is 373 g/mol. The van der Waals surface area contributed by atoms with Crippen molar-refractivity contribution < 1.29 is 9.53 Å². The van der Waals surface area contributed by atoms with Crippen molar-refractivity contribution in [2.75, 3.05) is 19.6 Å². The Labute approximate surface area is 168 Å². The van der Waals surface area contributed by atoms with E-state index in [1.807, 2.05) is 0 Å². The van der Waals surface area contributed by atoms with Gasteiger partial charge in [0.1, 0.15) is 6.10 Å². The van der Waals surface area contributed by atoms with Crippen LogP contribution in [0.2, 0.25) is 0 Å². The lowest BCUT2D eigenvalue weighted by atomic mass is 10.1. The summed E-state index contributed by atoms with van der Waals surface area (Å²) in [5.41, 5.74) is 8.05. The fourth-order valence-electron chi connectivity index (χ4n) is 3.51. The van der Waals surface area contributed by atoms with Crippen LogP contribution < -0.4 is 11.1 Å². The summed E-state index contributed by atoms with van der Waals surface area (Å²) in [7, 11) is 0. The third kappa shape index (κ3) is 6.71. The highest BCUT2D eigenvalue weighted by Gasteiger charge is 2.29. The Morgan fingerprint density at radius 2 is 1.73 bits per heavy atom. The van der Waals surface area contributed by atoms with E-state index in [0.29, 0.717) is 13.1 Å². The predicted octanol–water partition coefficient (Wildman–Crippen LogP) is 2.64. The van der Waals surface area contributed by atoms with Crippen molar-refractivity contribution in [2.24, 2.45) is 5.73 Å². The number of hydrogen-bond donors (Lipinski definition) is 2. The zero-order chi connectivity index (χ0) is 16.8. The van der Waals surface area contributed by atoms with Crippen LogP contribution in [0.4, 0.5) is 0 Å². The van der Waals surface area contributed by atoms with Crippen LogP contribution in [-0.4, -0.2) is 42.6 Å². The second kappa shape index (κ2) is 11.8. The van der Waals surface area contributed by atoms with Crippen LogP contribution >= 0.6 is 24.8 Å². The van der Waals surface area contributed by atoms with Gasteiger partial charge >= 0.3 is 0 Å². The second-order valence-electron chi connectivity index (χ2n) is 6.93. The number of nitrogens with one attached hydrogen (secondary N) is 1. The molecule has 3 N–H and O–H groups in total. The van der Waals surface area contributed by atoms with Gasteiger partial charge in [-0.25, -0.2) is 0 Å². The number of benzene rings is 1. The fraction of sp³-hybridized carbons (Fsp3) is 0.632. The van der Waals surface area contributed by atoms with Gasteiger partial charge in [-0.1, -0.05) is 30.7 Å². The van der Waals surface area contributed by atoms with Crippen molar-refractivity contribution in [3.8, 4) is 0 Å². The molecular formula is C19H31Cl2N3O2. The molecule has 0 spiro atoms. The van der Waals surface area contributed by atoms with Crippen LogP contribution in [0.3, 0.4) is 0 Å². The van der Waals surface area contributed by atoms with Gasteiger partial charge in [0, 0.05) is 19.6 Å². The summed E-state index contributed by atoms with van der Waals surface area (Å²) in [4.78, 5) is 14.6. The van der Waals surface area contributed by atoms with E-state index in [1.165, 1.54) is 37.9 Å². The standard InChI is InChI=1S/C19H29N3O2.2ClH/c20-12-17-8-9-18(24-17)19(23)21-13-15-4-6-16(7-5-15)14-22-10-2-1-3-11-22;;/h4-7,17-18H,1-3,8-14,20H2,(H,21,23);2*1H/t17-,18+;;/m1../s1. The lowest BCUT2D eigenvalue weighted by molar-refractivity contribution is -0.132. The quantitative estimate of drug-likeness (QED) is 0.765. The zero-order valence-electron chi connectivity index (χ0n) is 15.2. The third-order valence-corrected chi connectivity index (χ3v) is 5.01. The number of nitrogens with zero attached hydrogens (tertiary/aromatic N) is 1. The minimum Gasteiger partial charge on any atom is -0.364 e. The van der Waals surface area contributed by atoms with Gasteiger partial charge in [0.2, 0.25) is 5.91 Å². The van der Waals surface area contributed by atoms with E-state index in [-0.39, 0.29) is 42.9 Å². The maximum absolute atomic E-state index is 12.1. The summed E-state index contributed by atoms with van der Waals surface area (Å²) in [6.07, 6.45) is 5.34. The highest BCUT2D eigenvalue weighted by Crippen LogP contribution is 2.19. The van der Waals surface area contributed by atoms with Crippen LogP contribution in [0.15, 0.2) is 24.3 Å². The van der Waals surface area contributed by atoms with E-state index in [1.54, 1.807) is 0 Å². The number of hydrogen-bond acceptors (Lipinski definition) is 4. The van der Waals surface area contributed by atoms with E-state index >= 15 is 0 Å². The van der Waals surface area contributed by atoms with Gasteiger partial charge in [0.05, 0.1) is 6.10 Å². The average Bonchev–Trinajstić information content (AvgIpc) is 3.11. The number of amides is 1. The van der Waals surface area contributed by atoms with Gasteiger partial charge in [-0.2, -0.15) is 0 Å². The Balaban J connectivity index is 0.00000169. The number of piperidine rings is 1. The fourth-order valence-corrected chi connectivity index (χ4v) is 3.51. The minimum atomic E-state index is -0.336. The summed E-state index contributed by atoms with van der Waals surface area (Å²) in [6.45, 7) is 4.49. The smallest absolute Gasteiger partial charge is 0.249 e. The number of ether oxygens (including phenoxy) is 1. The molecule has 7 heteroatoms. The number of nitrogens with two attached hydrogens (primary N) is 1. The van der Waals surface area contributed by atoms with Gasteiger partial charge in [-0.15, -0.1) is 24.8 Å². The summed E-state index contributed by atoms with van der Waals surface area (Å²) in [6, 6.07) is 8.56. The van der Waals surface area contributed by atoms with Gasteiger partial charge in [0.25, 0.3) is 0 Å². The van der Waals surface area contributed by atoms with Crippen molar-refractivity contribution in [3.05, 3.63) is 35.4 Å². The van der Waals surface area contributed by atoms with E-state index in [2.05, 4.69) is 34.5 Å². The van der Waals surface area contributed by atoms with Crippen molar-refractivity contribution in [3.63, 3.8) is 0 Å². The van der Waals surface area contributed by atoms with Gasteiger partial charge in [-0.05, 0) is 49.9 Å². The molecule has 0 unspecified atom stereocenters. The van der Waals surface area contributed by atoms with Crippen molar-refractivity contribution in [1.82, 2.24) is 10.2 Å². The molecule has 2 aliphatic heterocycles. The number of likely N-dealkylation sites (tertiary alicyclic amines) is 1. The number of halogens is 2. The molecule has 2 heterocycles. The molecule has 2 fully saturated rings. The first-order valence-electron chi connectivity index (χ1n) is 9.18. The first-order chi connectivity index (χ1) is 11.7. The van der Waals surface area contributed by atoms with E-state index in [4.69, 9.17) is 10.5 Å². The molecule has 0 aromatic heterocycles. The molecule has 2 atom stereocenters. The molecule has 26 heavy (non-hydrogen) atoms. The molecule has 0 aliphatic carbocycles. The van der Waals surface area contributed by atoms with Crippen molar-refractivity contribution in [2.45, 2.75) is 57.4 Å². The van der Waals surface area contributed by atoms with Gasteiger partial charge in [0.15, 0.2) is 0 Å². The molecule has 5 nitrogen and oxygen atoms in total. The molecule has 0 bridgehead atoms. The van der Waals surface area contributed by atoms with Crippen LogP contribution in [0.1, 0.15) is 43.2 Å². The molecule has 1 aromatic rings. The van der Waals surface area contributed by atoms with Crippen molar-refractivity contribution >= 4 is 30.7 Å². The van der Waals surface area contributed by atoms with E-state index in [0.717, 1.165) is 24.9 Å². The Morgan fingerprint density at radius 1 is 1.08 bits per heavy atom. The number of carbonyl (C=O) groups excluding carboxylic acids is 1. The first kappa shape index (κ1) is 23.2.